The molecule has 1 saturated heterocycles. The lowest BCUT2D eigenvalue weighted by molar-refractivity contribution is -0.173. The number of hydrogen-bond donors (Lipinski definition) is 3. The Hall–Kier alpha value is -0.160. The summed E-state index contributed by atoms with van der Waals surface area (Å²) >= 11 is 0. The van der Waals surface area contributed by atoms with Gasteiger partial charge in [-0.25, -0.2) is 0 Å². The van der Waals surface area contributed by atoms with Gasteiger partial charge in [-0.05, 0) is 13.3 Å². The van der Waals surface area contributed by atoms with Crippen molar-refractivity contribution >= 4 is 0 Å². The fraction of sp³-hybridized carbons (Fsp3) is 1.00. The molecule has 4 nitrogen and oxygen atoms in total. The first-order chi connectivity index (χ1) is 5.57. The van der Waals surface area contributed by atoms with Crippen LogP contribution in [0.2, 0.25) is 0 Å². The molecule has 0 spiro atoms. The zero-order valence-corrected chi connectivity index (χ0v) is 7.47. The number of aliphatic hydroxyl groups excluding tert-OH is 2. The van der Waals surface area contributed by atoms with Crippen molar-refractivity contribution in [2.45, 2.75) is 50.7 Å². The van der Waals surface area contributed by atoms with Gasteiger partial charge in [0.1, 0.15) is 6.10 Å². The van der Waals surface area contributed by atoms with Crippen molar-refractivity contribution in [3.05, 3.63) is 0 Å². The number of ether oxygens (including phenoxy) is 1. The third-order valence-corrected chi connectivity index (χ3v) is 2.46. The van der Waals surface area contributed by atoms with E-state index in [4.69, 9.17) is 10.5 Å². The molecule has 4 heteroatoms. The minimum atomic E-state index is -0.862. The highest BCUT2D eigenvalue weighted by Gasteiger charge is 2.39. The Balaban J connectivity index is 2.63. The molecule has 0 aromatic rings. The predicted octanol–water partition coefficient (Wildman–Crippen LogP) is -0.767. The first kappa shape index (κ1) is 9.92. The van der Waals surface area contributed by atoms with E-state index in [2.05, 4.69) is 0 Å². The molecular formula is C8H17NO3. The van der Waals surface area contributed by atoms with Gasteiger partial charge >= 0.3 is 0 Å². The summed E-state index contributed by atoms with van der Waals surface area (Å²) in [4.78, 5) is 0. The number of nitrogens with two attached hydrogens (primary N) is 1. The van der Waals surface area contributed by atoms with Gasteiger partial charge in [-0.1, -0.05) is 6.92 Å². The van der Waals surface area contributed by atoms with E-state index in [-0.39, 0.29) is 12.2 Å². The molecule has 5 atom stereocenters. The van der Waals surface area contributed by atoms with Crippen LogP contribution in [0.5, 0.6) is 0 Å². The zero-order chi connectivity index (χ0) is 9.30. The first-order valence-corrected chi connectivity index (χ1v) is 4.35. The summed E-state index contributed by atoms with van der Waals surface area (Å²) in [7, 11) is 0. The smallest absolute Gasteiger partial charge is 0.108 e. The molecule has 0 amide bonds. The second kappa shape index (κ2) is 3.70. The second-order valence-electron chi connectivity index (χ2n) is 3.35. The van der Waals surface area contributed by atoms with Crippen molar-refractivity contribution in [3.8, 4) is 0 Å². The van der Waals surface area contributed by atoms with Gasteiger partial charge in [-0.15, -0.1) is 0 Å². The maximum absolute atomic E-state index is 9.47. The number of hydrogen-bond acceptors (Lipinski definition) is 4. The minimum absolute atomic E-state index is 0.187. The van der Waals surface area contributed by atoms with Crippen molar-refractivity contribution in [1.82, 2.24) is 0 Å². The molecule has 0 bridgehead atoms. The third-order valence-electron chi connectivity index (χ3n) is 2.46. The molecule has 3 unspecified atom stereocenters. The van der Waals surface area contributed by atoms with Crippen LogP contribution in [0.4, 0.5) is 0 Å². The summed E-state index contributed by atoms with van der Waals surface area (Å²) in [6.07, 6.45) is -1.49. The lowest BCUT2D eigenvalue weighted by Crippen LogP contribution is -2.59. The lowest BCUT2D eigenvalue weighted by atomic mass is 9.93. The van der Waals surface area contributed by atoms with Crippen molar-refractivity contribution in [2.24, 2.45) is 5.73 Å². The van der Waals surface area contributed by atoms with Crippen LogP contribution in [-0.4, -0.2) is 40.7 Å². The van der Waals surface area contributed by atoms with Crippen LogP contribution in [0, 0.1) is 0 Å². The molecule has 12 heavy (non-hydrogen) atoms. The normalized spacial score (nSPS) is 49.2. The summed E-state index contributed by atoms with van der Waals surface area (Å²) in [6, 6.07) is -0.484. The molecule has 1 fully saturated rings. The van der Waals surface area contributed by atoms with E-state index in [1.165, 1.54) is 0 Å². The van der Waals surface area contributed by atoms with E-state index >= 15 is 0 Å². The number of aliphatic hydroxyl groups is 2. The van der Waals surface area contributed by atoms with Crippen LogP contribution in [0.3, 0.4) is 0 Å². The topological polar surface area (TPSA) is 75.7 Å². The molecule has 0 aliphatic carbocycles. The maximum atomic E-state index is 9.47. The molecule has 0 saturated carbocycles. The molecule has 1 heterocycles. The molecular weight excluding hydrogens is 158 g/mol. The van der Waals surface area contributed by atoms with E-state index in [0.717, 1.165) is 0 Å². The predicted molar refractivity (Wildman–Crippen MR) is 44.6 cm³/mol. The van der Waals surface area contributed by atoms with Crippen molar-refractivity contribution in [3.63, 3.8) is 0 Å². The Bertz CT molecular complexity index is 148. The second-order valence-corrected chi connectivity index (χ2v) is 3.35. The Labute approximate surface area is 72.3 Å². The Morgan fingerprint density at radius 2 is 1.92 bits per heavy atom. The SMILES string of the molecule is CC[C@@H]1OC(C)[C@@H](N)C(O)C1O. The van der Waals surface area contributed by atoms with Gasteiger partial charge in [0.2, 0.25) is 0 Å². The molecule has 1 rings (SSSR count). The molecule has 1 aliphatic rings. The monoisotopic (exact) mass is 175 g/mol. The average Bonchev–Trinajstić information content (AvgIpc) is 2.08. The van der Waals surface area contributed by atoms with Gasteiger partial charge in [0, 0.05) is 0 Å². The highest BCUT2D eigenvalue weighted by atomic mass is 16.5. The first-order valence-electron chi connectivity index (χ1n) is 4.35. The van der Waals surface area contributed by atoms with Crippen LogP contribution < -0.4 is 5.73 Å². The molecule has 72 valence electrons. The third kappa shape index (κ3) is 1.61. The summed E-state index contributed by atoms with van der Waals surface area (Å²) in [5.74, 6) is 0. The highest BCUT2D eigenvalue weighted by molar-refractivity contribution is 4.92. The van der Waals surface area contributed by atoms with E-state index < -0.39 is 18.2 Å². The van der Waals surface area contributed by atoms with E-state index in [9.17, 15) is 10.2 Å². The zero-order valence-electron chi connectivity index (χ0n) is 7.47. The van der Waals surface area contributed by atoms with Crippen LogP contribution in [0.15, 0.2) is 0 Å². The van der Waals surface area contributed by atoms with Gasteiger partial charge in [-0.3, -0.25) is 0 Å². The van der Waals surface area contributed by atoms with Gasteiger partial charge in [0.15, 0.2) is 0 Å². The maximum Gasteiger partial charge on any atom is 0.108 e. The van der Waals surface area contributed by atoms with Crippen molar-refractivity contribution in [2.75, 3.05) is 0 Å². The number of rotatable bonds is 1. The molecule has 0 aromatic carbocycles. The molecule has 4 N–H and O–H groups in total. The van der Waals surface area contributed by atoms with Gasteiger partial charge in [-0.2, -0.15) is 0 Å². The Morgan fingerprint density at radius 3 is 2.42 bits per heavy atom. The van der Waals surface area contributed by atoms with Gasteiger partial charge in [0.25, 0.3) is 0 Å². The van der Waals surface area contributed by atoms with Crippen LogP contribution in [0.25, 0.3) is 0 Å². The van der Waals surface area contributed by atoms with Gasteiger partial charge < -0.3 is 20.7 Å². The van der Waals surface area contributed by atoms with Crippen LogP contribution in [-0.2, 0) is 4.74 Å². The largest absolute Gasteiger partial charge is 0.389 e. The summed E-state index contributed by atoms with van der Waals surface area (Å²) in [6.45, 7) is 3.71. The molecule has 0 aromatic heterocycles. The fourth-order valence-corrected chi connectivity index (χ4v) is 1.51. The standard InChI is InChI=1S/C8H17NO3/c1-3-5-7(10)8(11)6(9)4(2)12-5/h4-8,10-11H,3,9H2,1-2H3/t4?,5-,6+,7?,8?/m0/s1. The van der Waals surface area contributed by atoms with E-state index in [0.29, 0.717) is 6.42 Å². The van der Waals surface area contributed by atoms with Crippen LogP contribution >= 0.6 is 0 Å². The van der Waals surface area contributed by atoms with Crippen molar-refractivity contribution in [1.29, 1.82) is 0 Å². The average molecular weight is 175 g/mol. The Morgan fingerprint density at radius 1 is 1.33 bits per heavy atom. The summed E-state index contributed by atoms with van der Waals surface area (Å²) in [5.41, 5.74) is 5.59. The van der Waals surface area contributed by atoms with Crippen LogP contribution in [0.1, 0.15) is 20.3 Å². The summed E-state index contributed by atoms with van der Waals surface area (Å²) < 4.78 is 5.40. The highest BCUT2D eigenvalue weighted by Crippen LogP contribution is 2.21. The molecule has 0 radical (unpaired) electrons. The minimum Gasteiger partial charge on any atom is -0.389 e. The van der Waals surface area contributed by atoms with Gasteiger partial charge in [0.05, 0.1) is 24.4 Å². The van der Waals surface area contributed by atoms with Crippen molar-refractivity contribution < 1.29 is 14.9 Å². The van der Waals surface area contributed by atoms with E-state index in [1.807, 2.05) is 13.8 Å². The molecule has 1 aliphatic heterocycles. The quantitative estimate of drug-likeness (QED) is 0.489. The summed E-state index contributed by atoms with van der Waals surface area (Å²) in [5, 5.41) is 18.9. The Kier molecular flexibility index (Phi) is 3.06. The van der Waals surface area contributed by atoms with E-state index in [1.54, 1.807) is 0 Å². The fourth-order valence-electron chi connectivity index (χ4n) is 1.51. The lowest BCUT2D eigenvalue weighted by Gasteiger charge is -2.39.